The minimum Gasteiger partial charge on any atom is -0.495 e. The maximum Gasteiger partial charge on any atom is 0.271 e. The van der Waals surface area contributed by atoms with Crippen LogP contribution in [0.1, 0.15) is 37.6 Å². The third kappa shape index (κ3) is 3.84. The van der Waals surface area contributed by atoms with Crippen LogP contribution in [0.15, 0.2) is 44.5 Å². The average molecular weight is 459 g/mol. The van der Waals surface area contributed by atoms with Crippen molar-refractivity contribution in [2.75, 3.05) is 13.7 Å². The fourth-order valence-corrected chi connectivity index (χ4v) is 5.98. The first kappa shape index (κ1) is 22.2. The lowest BCUT2D eigenvalue weighted by Gasteiger charge is -2.32. The van der Waals surface area contributed by atoms with Crippen LogP contribution in [0.4, 0.5) is 0 Å². The molecule has 3 heterocycles. The normalized spacial score (nSPS) is 17.4. The highest BCUT2D eigenvalue weighted by molar-refractivity contribution is 7.89. The molecule has 0 N–H and O–H groups in total. The Bertz CT molecular complexity index is 1290. The van der Waals surface area contributed by atoms with E-state index in [4.69, 9.17) is 9.26 Å². The number of ether oxygens (including phenoxy) is 1. The first-order valence-electron chi connectivity index (χ1n) is 10.5. The highest BCUT2D eigenvalue weighted by Gasteiger charge is 2.33. The zero-order valence-corrected chi connectivity index (χ0v) is 19.3. The molecule has 170 valence electrons. The summed E-state index contributed by atoms with van der Waals surface area (Å²) in [6.45, 7) is 5.83. The Hall–Kier alpha value is -2.98. The molecule has 0 spiro atoms. The Morgan fingerprint density at radius 1 is 1.16 bits per heavy atom. The van der Waals surface area contributed by atoms with Crippen molar-refractivity contribution in [1.82, 2.24) is 19.2 Å². The van der Waals surface area contributed by atoms with Crippen LogP contribution in [-0.2, 0) is 10.0 Å². The van der Waals surface area contributed by atoms with E-state index in [-0.39, 0.29) is 22.2 Å². The molecule has 2 aromatic heterocycles. The van der Waals surface area contributed by atoms with Gasteiger partial charge in [0.25, 0.3) is 5.56 Å². The quantitative estimate of drug-likeness (QED) is 0.578. The van der Waals surface area contributed by atoms with E-state index < -0.39 is 10.0 Å². The summed E-state index contributed by atoms with van der Waals surface area (Å²) in [6.07, 6.45) is 2.66. The number of benzene rings is 1. The van der Waals surface area contributed by atoms with Crippen molar-refractivity contribution < 1.29 is 17.7 Å². The van der Waals surface area contributed by atoms with Gasteiger partial charge in [-0.05, 0) is 57.9 Å². The summed E-state index contributed by atoms with van der Waals surface area (Å²) < 4.78 is 40.3. The molecule has 1 saturated heterocycles. The van der Waals surface area contributed by atoms with Gasteiger partial charge in [-0.3, -0.25) is 4.79 Å². The molecule has 1 fully saturated rings. The van der Waals surface area contributed by atoms with Crippen LogP contribution >= 0.6 is 0 Å². The lowest BCUT2D eigenvalue weighted by Crippen LogP contribution is -2.42. The monoisotopic (exact) mass is 458 g/mol. The molecule has 4 rings (SSSR count). The number of rotatable bonds is 5. The van der Waals surface area contributed by atoms with Gasteiger partial charge in [-0.2, -0.15) is 14.1 Å². The van der Waals surface area contributed by atoms with E-state index in [0.29, 0.717) is 34.9 Å². The zero-order chi connectivity index (χ0) is 23.0. The van der Waals surface area contributed by atoms with Crippen molar-refractivity contribution in [3.05, 3.63) is 52.1 Å². The molecule has 0 saturated carbocycles. The Morgan fingerprint density at radius 3 is 2.59 bits per heavy atom. The van der Waals surface area contributed by atoms with Crippen molar-refractivity contribution in [1.29, 1.82) is 0 Å². The van der Waals surface area contributed by atoms with Crippen LogP contribution in [-0.4, -0.2) is 47.4 Å². The molecule has 1 unspecified atom stereocenters. The maximum atomic E-state index is 13.5. The molecule has 1 atom stereocenters. The molecule has 0 bridgehead atoms. The van der Waals surface area contributed by atoms with E-state index in [1.807, 2.05) is 6.92 Å². The van der Waals surface area contributed by atoms with E-state index in [0.717, 1.165) is 19.3 Å². The summed E-state index contributed by atoms with van der Waals surface area (Å²) in [7, 11) is -2.32. The van der Waals surface area contributed by atoms with Crippen molar-refractivity contribution in [2.24, 2.45) is 0 Å². The van der Waals surface area contributed by atoms with Crippen molar-refractivity contribution in [3.8, 4) is 22.7 Å². The summed E-state index contributed by atoms with van der Waals surface area (Å²) in [4.78, 5) is 12.6. The Kier molecular flexibility index (Phi) is 5.91. The number of aromatic nitrogens is 3. The van der Waals surface area contributed by atoms with Crippen LogP contribution in [0, 0.1) is 13.8 Å². The van der Waals surface area contributed by atoms with Crippen molar-refractivity contribution in [2.45, 2.75) is 51.0 Å². The van der Waals surface area contributed by atoms with E-state index in [1.54, 1.807) is 38.1 Å². The third-order valence-electron chi connectivity index (χ3n) is 5.80. The van der Waals surface area contributed by atoms with Gasteiger partial charge in [0.1, 0.15) is 22.0 Å². The standard InChI is InChI=1S/C22H26N4O5S/c1-14-7-5-6-12-25(14)32(28,29)20-13-17(8-10-19(20)30-4)18-9-11-21(27)26(23-18)22-15(2)24-31-16(22)3/h8-11,13-14H,5-7,12H2,1-4H3. The van der Waals surface area contributed by atoms with Gasteiger partial charge in [0.05, 0.1) is 12.8 Å². The molecule has 9 nitrogen and oxygen atoms in total. The largest absolute Gasteiger partial charge is 0.495 e. The molecular weight excluding hydrogens is 432 g/mol. The molecule has 0 radical (unpaired) electrons. The third-order valence-corrected chi connectivity index (χ3v) is 7.83. The number of hydrogen-bond acceptors (Lipinski definition) is 7. The molecule has 0 amide bonds. The molecule has 32 heavy (non-hydrogen) atoms. The number of sulfonamides is 1. The first-order chi connectivity index (χ1) is 15.2. The summed E-state index contributed by atoms with van der Waals surface area (Å²) in [6, 6.07) is 7.77. The van der Waals surface area contributed by atoms with Gasteiger partial charge in [0.15, 0.2) is 5.76 Å². The molecule has 1 aromatic carbocycles. The fraction of sp³-hybridized carbons (Fsp3) is 0.409. The van der Waals surface area contributed by atoms with Crippen LogP contribution in [0.25, 0.3) is 16.9 Å². The number of piperidine rings is 1. The van der Waals surface area contributed by atoms with Crippen molar-refractivity contribution >= 4 is 10.0 Å². The average Bonchev–Trinajstić information content (AvgIpc) is 3.11. The number of nitrogens with zero attached hydrogens (tertiary/aromatic N) is 4. The molecule has 0 aliphatic carbocycles. The molecular formula is C22H26N4O5S. The molecule has 3 aromatic rings. The maximum absolute atomic E-state index is 13.5. The topological polar surface area (TPSA) is 108 Å². The highest BCUT2D eigenvalue weighted by Crippen LogP contribution is 2.34. The summed E-state index contributed by atoms with van der Waals surface area (Å²) in [5, 5.41) is 8.36. The van der Waals surface area contributed by atoms with Gasteiger partial charge in [0.2, 0.25) is 10.0 Å². The van der Waals surface area contributed by atoms with Crippen LogP contribution < -0.4 is 10.3 Å². The van der Waals surface area contributed by atoms with Gasteiger partial charge in [-0.1, -0.05) is 11.6 Å². The lowest BCUT2D eigenvalue weighted by molar-refractivity contribution is 0.267. The second-order valence-corrected chi connectivity index (χ2v) is 9.83. The number of aryl methyl sites for hydroxylation is 2. The summed E-state index contributed by atoms with van der Waals surface area (Å²) >= 11 is 0. The van der Waals surface area contributed by atoms with Gasteiger partial charge >= 0.3 is 0 Å². The summed E-state index contributed by atoms with van der Waals surface area (Å²) in [5.41, 5.74) is 1.66. The van der Waals surface area contributed by atoms with Crippen LogP contribution in [0.3, 0.4) is 0 Å². The van der Waals surface area contributed by atoms with Gasteiger partial charge in [-0.25, -0.2) is 8.42 Å². The zero-order valence-electron chi connectivity index (χ0n) is 18.5. The smallest absolute Gasteiger partial charge is 0.271 e. The highest BCUT2D eigenvalue weighted by atomic mass is 32.2. The van der Waals surface area contributed by atoms with Gasteiger partial charge < -0.3 is 9.26 Å². The van der Waals surface area contributed by atoms with Crippen molar-refractivity contribution in [3.63, 3.8) is 0 Å². The van der Waals surface area contributed by atoms with Crippen LogP contribution in [0.5, 0.6) is 5.75 Å². The van der Waals surface area contributed by atoms with E-state index >= 15 is 0 Å². The molecule has 1 aliphatic rings. The lowest BCUT2D eigenvalue weighted by atomic mass is 10.1. The van der Waals surface area contributed by atoms with E-state index in [1.165, 1.54) is 22.2 Å². The SMILES string of the molecule is COc1ccc(-c2ccc(=O)n(-c3c(C)noc3C)n2)cc1S(=O)(=O)N1CCCCC1C. The number of methoxy groups -OCH3 is 1. The Labute approximate surface area is 186 Å². The Balaban J connectivity index is 1.83. The molecule has 1 aliphatic heterocycles. The van der Waals surface area contributed by atoms with Gasteiger partial charge in [0, 0.05) is 24.2 Å². The predicted octanol–water partition coefficient (Wildman–Crippen LogP) is 3.08. The fourth-order valence-electron chi connectivity index (χ4n) is 4.10. The predicted molar refractivity (Wildman–Crippen MR) is 119 cm³/mol. The van der Waals surface area contributed by atoms with E-state index in [2.05, 4.69) is 10.3 Å². The van der Waals surface area contributed by atoms with Gasteiger partial charge in [-0.15, -0.1) is 0 Å². The van der Waals surface area contributed by atoms with Crippen LogP contribution in [0.2, 0.25) is 0 Å². The summed E-state index contributed by atoms with van der Waals surface area (Å²) in [5.74, 6) is 0.733. The second kappa shape index (κ2) is 8.51. The Morgan fingerprint density at radius 2 is 1.94 bits per heavy atom. The second-order valence-electron chi connectivity index (χ2n) is 7.97. The minimum atomic E-state index is -3.77. The molecule has 10 heteroatoms. The van der Waals surface area contributed by atoms with E-state index in [9.17, 15) is 13.2 Å². The first-order valence-corrected chi connectivity index (χ1v) is 11.9. The number of hydrogen-bond donors (Lipinski definition) is 0. The minimum absolute atomic E-state index is 0.0818.